The number of nitrogens with zero attached hydrogens (tertiary/aromatic N) is 1. The minimum Gasteiger partial charge on any atom is -0.480 e. The molecule has 0 spiro atoms. The molecule has 11 N–H and O–H groups in total. The highest BCUT2D eigenvalue weighted by Gasteiger charge is 2.30. The molecule has 1 aromatic carbocycles. The van der Waals surface area contributed by atoms with E-state index in [0.717, 1.165) is 16.5 Å². The molecule has 0 fully saturated rings. The molecule has 0 saturated carbocycles. The zero-order valence-corrected chi connectivity index (χ0v) is 21.3. The van der Waals surface area contributed by atoms with E-state index in [4.69, 9.17) is 17.2 Å². The Kier molecular flexibility index (Phi) is 11.2. The molecule has 3 amide bonds. The summed E-state index contributed by atoms with van der Waals surface area (Å²) in [7, 11) is 0. The molecule has 37 heavy (non-hydrogen) atoms. The van der Waals surface area contributed by atoms with E-state index < -0.39 is 47.9 Å². The molecular formula is C23H34N8O5S. The molecule has 202 valence electrons. The first-order valence-electron chi connectivity index (χ1n) is 11.6. The lowest BCUT2D eigenvalue weighted by atomic mass is 10.0. The summed E-state index contributed by atoms with van der Waals surface area (Å²) >= 11 is 3.95. The van der Waals surface area contributed by atoms with Gasteiger partial charge in [-0.2, -0.15) is 12.6 Å². The third kappa shape index (κ3) is 8.99. The van der Waals surface area contributed by atoms with E-state index in [1.54, 1.807) is 6.20 Å². The van der Waals surface area contributed by atoms with Crippen LogP contribution >= 0.6 is 12.6 Å². The van der Waals surface area contributed by atoms with Gasteiger partial charge in [0.1, 0.15) is 18.1 Å². The first-order valence-corrected chi connectivity index (χ1v) is 12.3. The van der Waals surface area contributed by atoms with Crippen molar-refractivity contribution < 1.29 is 24.3 Å². The fourth-order valence-electron chi connectivity index (χ4n) is 3.54. The van der Waals surface area contributed by atoms with Crippen LogP contribution in [0.25, 0.3) is 10.9 Å². The maximum Gasteiger partial charge on any atom is 0.327 e. The topological polar surface area (TPSA) is 231 Å². The van der Waals surface area contributed by atoms with E-state index in [1.807, 2.05) is 24.3 Å². The van der Waals surface area contributed by atoms with E-state index >= 15 is 0 Å². The van der Waals surface area contributed by atoms with E-state index in [9.17, 15) is 24.3 Å². The predicted molar refractivity (Wildman–Crippen MR) is 143 cm³/mol. The number of hydrogen-bond donors (Lipinski definition) is 9. The number of guanidine groups is 1. The second-order valence-electron chi connectivity index (χ2n) is 8.51. The van der Waals surface area contributed by atoms with Crippen LogP contribution in [0, 0.1) is 0 Å². The lowest BCUT2D eigenvalue weighted by Crippen LogP contribution is -2.57. The summed E-state index contributed by atoms with van der Waals surface area (Å²) in [6.45, 7) is 1.68. The Balaban J connectivity index is 2.26. The van der Waals surface area contributed by atoms with Gasteiger partial charge in [-0.3, -0.25) is 19.4 Å². The second kappa shape index (κ2) is 14.1. The lowest BCUT2D eigenvalue weighted by molar-refractivity contribution is -0.141. The molecule has 0 radical (unpaired) electrons. The van der Waals surface area contributed by atoms with Gasteiger partial charge in [0.2, 0.25) is 17.7 Å². The maximum atomic E-state index is 13.4. The van der Waals surface area contributed by atoms with Crippen molar-refractivity contribution in [3.8, 4) is 0 Å². The van der Waals surface area contributed by atoms with Gasteiger partial charge < -0.3 is 43.2 Å². The van der Waals surface area contributed by atoms with Crippen molar-refractivity contribution in [1.82, 2.24) is 20.9 Å². The van der Waals surface area contributed by atoms with Gasteiger partial charge in [0.15, 0.2) is 5.96 Å². The summed E-state index contributed by atoms with van der Waals surface area (Å²) in [6, 6.07) is 3.17. The first kappa shape index (κ1) is 29.5. The van der Waals surface area contributed by atoms with Crippen molar-refractivity contribution in [2.75, 3.05) is 12.3 Å². The van der Waals surface area contributed by atoms with Crippen LogP contribution in [0.1, 0.15) is 25.3 Å². The van der Waals surface area contributed by atoms with Crippen molar-refractivity contribution in [3.05, 3.63) is 36.0 Å². The summed E-state index contributed by atoms with van der Waals surface area (Å²) in [4.78, 5) is 57.0. The average molecular weight is 535 g/mol. The standard InChI is InChI=1S/C23H34N8O5S/c1-12(24)19(32)30-17(9-13-10-28-15-6-3-2-5-14(13)15)21(34)29-16(7-4-8-27-23(25)26)20(33)31-18(11-37)22(35)36/h2-3,5-6,10,12,16-18,28,37H,4,7-9,11,24H2,1H3,(H,29,34)(H,30,32)(H,31,33)(H,35,36)(H4,25,26,27). The van der Waals surface area contributed by atoms with Crippen molar-refractivity contribution in [1.29, 1.82) is 0 Å². The summed E-state index contributed by atoms with van der Waals surface area (Å²) in [5, 5.41) is 17.8. The van der Waals surface area contributed by atoms with E-state index in [2.05, 4.69) is 38.6 Å². The Morgan fingerprint density at radius 2 is 1.65 bits per heavy atom. The van der Waals surface area contributed by atoms with E-state index in [0.29, 0.717) is 6.42 Å². The molecule has 4 atom stereocenters. The number of carbonyl (C=O) groups is 4. The fourth-order valence-corrected chi connectivity index (χ4v) is 3.78. The Morgan fingerprint density at radius 3 is 2.27 bits per heavy atom. The van der Waals surface area contributed by atoms with Crippen LogP contribution in [0.4, 0.5) is 0 Å². The van der Waals surface area contributed by atoms with Crippen molar-refractivity contribution in [3.63, 3.8) is 0 Å². The number of aromatic amines is 1. The number of hydrogen-bond acceptors (Lipinski definition) is 7. The normalized spacial score (nSPS) is 14.1. The van der Waals surface area contributed by atoms with Gasteiger partial charge in [0, 0.05) is 35.8 Å². The molecule has 0 bridgehead atoms. The molecular weight excluding hydrogens is 500 g/mol. The van der Waals surface area contributed by atoms with Crippen LogP contribution in [-0.2, 0) is 25.6 Å². The Morgan fingerprint density at radius 1 is 1.03 bits per heavy atom. The quantitative estimate of drug-likeness (QED) is 0.0602. The van der Waals surface area contributed by atoms with Crippen LogP contribution in [-0.4, -0.2) is 76.2 Å². The minimum absolute atomic E-state index is 0.105. The molecule has 2 rings (SSSR count). The number of H-pyrrole nitrogens is 1. The molecule has 0 aliphatic rings. The number of para-hydroxylation sites is 1. The molecule has 2 aromatic rings. The predicted octanol–water partition coefficient (Wildman–Crippen LogP) is -1.42. The highest BCUT2D eigenvalue weighted by Crippen LogP contribution is 2.19. The Bertz CT molecular complexity index is 1130. The number of amides is 3. The number of nitrogens with two attached hydrogens (primary N) is 3. The number of thiol groups is 1. The van der Waals surface area contributed by atoms with E-state index in [-0.39, 0.29) is 31.1 Å². The SMILES string of the molecule is CC(N)C(=O)NC(Cc1c[nH]c2ccccc12)C(=O)NC(CCCN=C(N)N)C(=O)NC(CS)C(=O)O. The van der Waals surface area contributed by atoms with Gasteiger partial charge in [-0.1, -0.05) is 18.2 Å². The highest BCUT2D eigenvalue weighted by molar-refractivity contribution is 7.80. The number of benzene rings is 1. The third-order valence-corrected chi connectivity index (χ3v) is 5.89. The molecule has 0 saturated heterocycles. The number of carbonyl (C=O) groups excluding carboxylic acids is 3. The average Bonchev–Trinajstić information content (AvgIpc) is 3.25. The second-order valence-corrected chi connectivity index (χ2v) is 8.87. The zero-order chi connectivity index (χ0) is 27.5. The summed E-state index contributed by atoms with van der Waals surface area (Å²) in [5.41, 5.74) is 18.0. The van der Waals surface area contributed by atoms with E-state index in [1.165, 1.54) is 6.92 Å². The minimum atomic E-state index is -1.27. The number of aliphatic carboxylic acids is 1. The Labute approximate surface area is 219 Å². The van der Waals surface area contributed by atoms with Crippen LogP contribution in [0.2, 0.25) is 0 Å². The summed E-state index contributed by atoms with van der Waals surface area (Å²) < 4.78 is 0. The smallest absolute Gasteiger partial charge is 0.327 e. The molecule has 1 heterocycles. The van der Waals surface area contributed by atoms with Gasteiger partial charge in [0.25, 0.3) is 0 Å². The maximum absolute atomic E-state index is 13.4. The van der Waals surface area contributed by atoms with Crippen LogP contribution in [0.3, 0.4) is 0 Å². The molecule has 1 aromatic heterocycles. The number of fused-ring (bicyclic) bond motifs is 1. The molecule has 0 aliphatic heterocycles. The van der Waals surface area contributed by atoms with Gasteiger partial charge in [-0.15, -0.1) is 0 Å². The third-order valence-electron chi connectivity index (χ3n) is 5.52. The largest absolute Gasteiger partial charge is 0.480 e. The highest BCUT2D eigenvalue weighted by atomic mass is 32.1. The molecule has 14 heteroatoms. The zero-order valence-electron chi connectivity index (χ0n) is 20.4. The van der Waals surface area contributed by atoms with Crippen molar-refractivity contribution >= 4 is 53.2 Å². The van der Waals surface area contributed by atoms with Gasteiger partial charge in [-0.25, -0.2) is 4.79 Å². The number of aliphatic imine (C=N–C) groups is 1. The number of carboxylic acids is 1. The van der Waals surface area contributed by atoms with Crippen LogP contribution in [0.5, 0.6) is 0 Å². The van der Waals surface area contributed by atoms with Crippen molar-refractivity contribution in [2.24, 2.45) is 22.2 Å². The number of nitrogens with one attached hydrogen (secondary N) is 4. The molecule has 0 aliphatic carbocycles. The van der Waals surface area contributed by atoms with Gasteiger partial charge >= 0.3 is 5.97 Å². The van der Waals surface area contributed by atoms with Crippen LogP contribution < -0.4 is 33.2 Å². The fraction of sp³-hybridized carbons (Fsp3) is 0.435. The number of carboxylic acid groups (broad SMARTS) is 1. The van der Waals surface area contributed by atoms with Crippen LogP contribution in [0.15, 0.2) is 35.5 Å². The molecule has 13 nitrogen and oxygen atoms in total. The monoisotopic (exact) mass is 534 g/mol. The lowest BCUT2D eigenvalue weighted by Gasteiger charge is -2.24. The number of aromatic nitrogens is 1. The summed E-state index contributed by atoms with van der Waals surface area (Å²) in [6.07, 6.45) is 2.28. The van der Waals surface area contributed by atoms with Crippen molar-refractivity contribution in [2.45, 2.75) is 50.4 Å². The molecule has 4 unspecified atom stereocenters. The summed E-state index contributed by atoms with van der Waals surface area (Å²) in [5.74, 6) is -3.44. The van der Waals surface area contributed by atoms with Gasteiger partial charge in [0.05, 0.1) is 6.04 Å². The number of rotatable bonds is 14. The first-order chi connectivity index (χ1) is 17.5. The van der Waals surface area contributed by atoms with Gasteiger partial charge in [-0.05, 0) is 31.4 Å². The Hall–Kier alpha value is -3.78.